The van der Waals surface area contributed by atoms with Crippen LogP contribution in [0, 0.1) is 23.5 Å². The van der Waals surface area contributed by atoms with Crippen LogP contribution in [0.1, 0.15) is 43.0 Å². The number of nitrogens with one attached hydrogen (secondary N) is 1. The zero-order valence-corrected chi connectivity index (χ0v) is 20.4. The summed E-state index contributed by atoms with van der Waals surface area (Å²) in [7, 11) is -4.01. The average Bonchev–Trinajstić information content (AvgIpc) is 2.84. The zero-order valence-electron chi connectivity index (χ0n) is 18.8. The monoisotopic (exact) mass is 529 g/mol. The van der Waals surface area contributed by atoms with Crippen molar-refractivity contribution in [3.63, 3.8) is 0 Å². The fourth-order valence-corrected chi connectivity index (χ4v) is 7.68. The summed E-state index contributed by atoms with van der Waals surface area (Å²) in [6.07, 6.45) is -1.54. The minimum absolute atomic E-state index is 0.00673. The van der Waals surface area contributed by atoms with E-state index >= 15 is 0 Å². The Morgan fingerprint density at radius 2 is 1.77 bits per heavy atom. The summed E-state index contributed by atoms with van der Waals surface area (Å²) in [6, 6.07) is 6.55. The lowest BCUT2D eigenvalue weighted by Gasteiger charge is -2.60. The number of carbonyl (C=O) groups excluding carboxylic acids is 1. The van der Waals surface area contributed by atoms with Crippen LogP contribution in [-0.4, -0.2) is 52.7 Å². The van der Waals surface area contributed by atoms with Crippen molar-refractivity contribution >= 4 is 33.0 Å². The van der Waals surface area contributed by atoms with Gasteiger partial charge in [-0.25, -0.2) is 17.2 Å². The van der Waals surface area contributed by atoms with Gasteiger partial charge in [0, 0.05) is 17.3 Å². The summed E-state index contributed by atoms with van der Waals surface area (Å²) in [5.41, 5.74) is -1.60. The molecular formula is C24H26ClF2NO6S. The molecule has 7 nitrogen and oxygen atoms in total. The van der Waals surface area contributed by atoms with Gasteiger partial charge in [-0.3, -0.25) is 4.79 Å². The fourth-order valence-electron chi connectivity index (χ4n) is 5.28. The number of hydrogen-bond acceptors (Lipinski definition) is 6. The van der Waals surface area contributed by atoms with E-state index in [4.69, 9.17) is 11.6 Å². The molecule has 0 aliphatic heterocycles. The third-order valence-corrected chi connectivity index (χ3v) is 10.00. The van der Waals surface area contributed by atoms with Gasteiger partial charge in [-0.05, 0) is 67.9 Å². The molecule has 1 amide bonds. The smallest absolute Gasteiger partial charge is 0.255 e. The molecule has 0 radical (unpaired) electrons. The van der Waals surface area contributed by atoms with Gasteiger partial charge in [0.05, 0.1) is 26.9 Å². The van der Waals surface area contributed by atoms with Crippen LogP contribution in [0.25, 0.3) is 0 Å². The Balaban J connectivity index is 1.55. The van der Waals surface area contributed by atoms with Crippen molar-refractivity contribution in [1.82, 2.24) is 0 Å². The number of fused-ring (bicyclic) bond motifs is 2. The topological polar surface area (TPSA) is 124 Å². The van der Waals surface area contributed by atoms with E-state index in [1.54, 1.807) is 6.92 Å². The minimum Gasteiger partial charge on any atom is -0.390 e. The van der Waals surface area contributed by atoms with E-state index in [0.717, 1.165) is 18.2 Å². The molecule has 3 aliphatic rings. The molecule has 2 bridgehead atoms. The summed E-state index contributed by atoms with van der Waals surface area (Å²) in [5, 5.41) is 32.9. The number of benzene rings is 2. The molecule has 0 saturated heterocycles. The van der Waals surface area contributed by atoms with Gasteiger partial charge >= 0.3 is 0 Å². The summed E-state index contributed by atoms with van der Waals surface area (Å²) < 4.78 is 53.5. The standard InChI is InChI=1S/C24H26ClF2NO6S/c1-2-20(29)22(30)24(32)13-8-14(24)10-16(9-13)35(33,34)21-7-12(3-5-17(21)25)23(31)28-15-4-6-18(26)19(27)11-15/h3-7,11,13-14,16,20,22,29-30,32H,2,8-10H2,1H3,(H,28,31)/t13?,14?,16?,20-,22+,24?/m1/s1. The Kier molecular flexibility index (Phi) is 6.98. The van der Waals surface area contributed by atoms with Crippen molar-refractivity contribution in [2.24, 2.45) is 11.8 Å². The predicted octanol–water partition coefficient (Wildman–Crippen LogP) is 3.31. The lowest BCUT2D eigenvalue weighted by molar-refractivity contribution is -0.251. The Morgan fingerprint density at radius 3 is 2.37 bits per heavy atom. The van der Waals surface area contributed by atoms with Crippen LogP contribution < -0.4 is 5.32 Å². The molecule has 0 aromatic heterocycles. The highest BCUT2D eigenvalue weighted by molar-refractivity contribution is 7.92. The van der Waals surface area contributed by atoms with E-state index in [-0.39, 0.29) is 40.4 Å². The van der Waals surface area contributed by atoms with Crippen LogP contribution in [0.5, 0.6) is 0 Å². The Bertz CT molecular complexity index is 1240. The maximum atomic E-state index is 13.5. The average molecular weight is 530 g/mol. The molecule has 35 heavy (non-hydrogen) atoms. The second-order valence-corrected chi connectivity index (χ2v) is 11.9. The molecule has 2 aromatic rings. The molecule has 5 rings (SSSR count). The van der Waals surface area contributed by atoms with E-state index in [0.29, 0.717) is 6.42 Å². The number of sulfone groups is 1. The number of halogens is 3. The second-order valence-electron chi connectivity index (χ2n) is 9.30. The van der Waals surface area contributed by atoms with Gasteiger partial charge in [-0.2, -0.15) is 0 Å². The highest BCUT2D eigenvalue weighted by Gasteiger charge is 2.64. The molecular weight excluding hydrogens is 504 g/mol. The molecule has 3 aliphatic carbocycles. The lowest BCUT2D eigenvalue weighted by Crippen LogP contribution is -2.69. The number of carbonyl (C=O) groups is 1. The zero-order chi connectivity index (χ0) is 25.7. The number of rotatable bonds is 7. The third kappa shape index (κ3) is 4.46. The maximum Gasteiger partial charge on any atom is 0.255 e. The number of aliphatic hydroxyl groups is 3. The molecule has 0 spiro atoms. The van der Waals surface area contributed by atoms with Crippen molar-refractivity contribution in [3.8, 4) is 0 Å². The molecule has 190 valence electrons. The largest absolute Gasteiger partial charge is 0.390 e. The van der Waals surface area contributed by atoms with Crippen molar-refractivity contribution < 1.29 is 37.3 Å². The lowest BCUT2D eigenvalue weighted by atomic mass is 9.51. The molecule has 2 aromatic carbocycles. The number of anilines is 1. The van der Waals surface area contributed by atoms with Crippen LogP contribution in [-0.2, 0) is 9.84 Å². The molecule has 0 heterocycles. The Hall–Kier alpha value is -2.11. The maximum absolute atomic E-state index is 13.5. The molecule has 2 unspecified atom stereocenters. The number of aliphatic hydroxyl groups excluding tert-OH is 2. The van der Waals surface area contributed by atoms with E-state index < -0.39 is 62.3 Å². The van der Waals surface area contributed by atoms with E-state index in [2.05, 4.69) is 5.32 Å². The first kappa shape index (κ1) is 26.0. The van der Waals surface area contributed by atoms with Crippen LogP contribution in [0.2, 0.25) is 5.02 Å². The van der Waals surface area contributed by atoms with Gasteiger partial charge in [0.1, 0.15) is 6.10 Å². The Labute approximate surface area is 206 Å². The SMILES string of the molecule is CC[C@@H](O)[C@H](O)C1(O)C2CC1CC(S(=O)(=O)c1cc(C(=O)Nc3ccc(F)c(F)c3)ccc1Cl)C2. The van der Waals surface area contributed by atoms with Gasteiger partial charge in [0.25, 0.3) is 5.91 Å². The number of hydrogen-bond donors (Lipinski definition) is 4. The predicted molar refractivity (Wildman–Crippen MR) is 125 cm³/mol. The van der Waals surface area contributed by atoms with Crippen molar-refractivity contribution in [2.75, 3.05) is 5.32 Å². The molecule has 4 atom stereocenters. The van der Waals surface area contributed by atoms with Crippen LogP contribution in [0.15, 0.2) is 41.3 Å². The van der Waals surface area contributed by atoms with E-state index in [9.17, 15) is 37.3 Å². The second kappa shape index (κ2) is 9.40. The first-order valence-corrected chi connectivity index (χ1v) is 13.2. The van der Waals surface area contributed by atoms with Gasteiger partial charge < -0.3 is 20.6 Å². The quantitative estimate of drug-likeness (QED) is 0.436. The van der Waals surface area contributed by atoms with Crippen LogP contribution >= 0.6 is 11.6 Å². The third-order valence-electron chi connectivity index (χ3n) is 7.34. The van der Waals surface area contributed by atoms with Crippen molar-refractivity contribution in [1.29, 1.82) is 0 Å². The summed E-state index contributed by atoms with van der Waals surface area (Å²) in [6.45, 7) is 1.68. The van der Waals surface area contributed by atoms with Crippen LogP contribution in [0.3, 0.4) is 0 Å². The molecule has 3 fully saturated rings. The van der Waals surface area contributed by atoms with Gasteiger partial charge in [0.2, 0.25) is 0 Å². The van der Waals surface area contributed by atoms with Crippen molar-refractivity contribution in [2.45, 2.75) is 60.6 Å². The molecule has 3 saturated carbocycles. The number of amides is 1. The van der Waals surface area contributed by atoms with Gasteiger partial charge in [-0.15, -0.1) is 0 Å². The summed E-state index contributed by atoms with van der Waals surface area (Å²) >= 11 is 6.19. The van der Waals surface area contributed by atoms with Crippen LogP contribution in [0.4, 0.5) is 14.5 Å². The van der Waals surface area contributed by atoms with Crippen molar-refractivity contribution in [3.05, 3.63) is 58.6 Å². The van der Waals surface area contributed by atoms with E-state index in [1.807, 2.05) is 0 Å². The fraction of sp³-hybridized carbons (Fsp3) is 0.458. The first-order chi connectivity index (χ1) is 16.4. The summed E-state index contributed by atoms with van der Waals surface area (Å²) in [4.78, 5) is 12.4. The first-order valence-electron chi connectivity index (χ1n) is 11.3. The highest BCUT2D eigenvalue weighted by Crippen LogP contribution is 2.57. The van der Waals surface area contributed by atoms with Gasteiger partial charge in [0.15, 0.2) is 21.5 Å². The minimum atomic E-state index is -4.01. The summed E-state index contributed by atoms with van der Waals surface area (Å²) in [5.74, 6) is -3.96. The van der Waals surface area contributed by atoms with E-state index in [1.165, 1.54) is 18.2 Å². The Morgan fingerprint density at radius 1 is 1.11 bits per heavy atom. The molecule has 4 N–H and O–H groups in total. The van der Waals surface area contributed by atoms with Gasteiger partial charge in [-0.1, -0.05) is 18.5 Å². The highest BCUT2D eigenvalue weighted by atomic mass is 35.5. The normalized spacial score (nSPS) is 27.6. The molecule has 11 heteroatoms.